The Bertz CT molecular complexity index is 2970. The molecule has 51 heavy (non-hydrogen) atoms. The van der Waals surface area contributed by atoms with Crippen molar-refractivity contribution in [1.29, 1.82) is 0 Å². The highest BCUT2D eigenvalue weighted by atomic mass is 16.3. The summed E-state index contributed by atoms with van der Waals surface area (Å²) in [5.74, 6) is 0. The van der Waals surface area contributed by atoms with Crippen molar-refractivity contribution in [2.75, 3.05) is 0 Å². The third kappa shape index (κ3) is 4.09. The Kier molecular flexibility index (Phi) is 6.02. The van der Waals surface area contributed by atoms with Crippen LogP contribution >= 0.6 is 0 Å². The summed E-state index contributed by atoms with van der Waals surface area (Å²) >= 11 is 0. The molecule has 1 aromatic heterocycles. The van der Waals surface area contributed by atoms with Crippen LogP contribution in [0.3, 0.4) is 0 Å². The van der Waals surface area contributed by atoms with E-state index < -0.39 is 0 Å². The van der Waals surface area contributed by atoms with Crippen LogP contribution in [-0.2, 0) is 0 Å². The van der Waals surface area contributed by atoms with E-state index in [9.17, 15) is 0 Å². The first-order chi connectivity index (χ1) is 25.3. The summed E-state index contributed by atoms with van der Waals surface area (Å²) in [7, 11) is 0. The molecule has 0 amide bonds. The maximum absolute atomic E-state index is 6.38. The van der Waals surface area contributed by atoms with E-state index in [4.69, 9.17) is 4.42 Å². The molecule has 0 aliphatic heterocycles. The predicted molar refractivity (Wildman–Crippen MR) is 215 cm³/mol. The van der Waals surface area contributed by atoms with Crippen molar-refractivity contribution in [3.8, 4) is 66.8 Å². The zero-order chi connectivity index (χ0) is 33.5. The van der Waals surface area contributed by atoms with Crippen LogP contribution in [0.25, 0.3) is 110 Å². The monoisotopic (exact) mass is 646 g/mol. The maximum atomic E-state index is 6.38. The molecule has 0 saturated carbocycles. The number of furan rings is 1. The Balaban J connectivity index is 1.24. The number of hydrogen-bond donors (Lipinski definition) is 0. The van der Waals surface area contributed by atoms with E-state index >= 15 is 0 Å². The largest absolute Gasteiger partial charge is 0.456 e. The van der Waals surface area contributed by atoms with E-state index in [-0.39, 0.29) is 0 Å². The SMILES string of the molecule is c1ccc2c(c1)-c1ccccc1-c1ccc(-c3c4ccccc4c(-c4cccc5oc6ccccc6c45)c4ccccc34)cc1-c1ccccc1-2. The summed E-state index contributed by atoms with van der Waals surface area (Å²) in [5.41, 5.74) is 16.8. The summed E-state index contributed by atoms with van der Waals surface area (Å²) in [4.78, 5) is 0. The minimum atomic E-state index is 0.910. The van der Waals surface area contributed by atoms with Crippen LogP contribution in [0.2, 0.25) is 0 Å². The molecule has 0 fully saturated rings. The quantitative estimate of drug-likeness (QED) is 0.170. The predicted octanol–water partition coefficient (Wildman–Crippen LogP) is 14.2. The second-order valence-corrected chi connectivity index (χ2v) is 13.5. The number of hydrogen-bond acceptors (Lipinski definition) is 1. The summed E-state index contributed by atoms with van der Waals surface area (Å²) in [6, 6.07) is 66.4. The third-order valence-electron chi connectivity index (χ3n) is 10.9. The summed E-state index contributed by atoms with van der Waals surface area (Å²) in [6.07, 6.45) is 0. The Labute approximate surface area is 295 Å². The minimum Gasteiger partial charge on any atom is -0.456 e. The molecule has 1 aliphatic rings. The zero-order valence-electron chi connectivity index (χ0n) is 27.7. The number of benzene rings is 9. The van der Waals surface area contributed by atoms with E-state index in [1.165, 1.54) is 88.3 Å². The minimum absolute atomic E-state index is 0.910. The van der Waals surface area contributed by atoms with Gasteiger partial charge in [-0.15, -0.1) is 0 Å². The fourth-order valence-corrected chi connectivity index (χ4v) is 8.73. The molecule has 0 unspecified atom stereocenters. The topological polar surface area (TPSA) is 13.1 Å². The first-order valence-corrected chi connectivity index (χ1v) is 17.6. The van der Waals surface area contributed by atoms with Crippen molar-refractivity contribution < 1.29 is 4.42 Å². The van der Waals surface area contributed by atoms with Crippen LogP contribution in [0.1, 0.15) is 0 Å². The van der Waals surface area contributed by atoms with Crippen molar-refractivity contribution in [2.45, 2.75) is 0 Å². The van der Waals surface area contributed by atoms with Gasteiger partial charge in [-0.25, -0.2) is 0 Å². The molecule has 1 heterocycles. The van der Waals surface area contributed by atoms with Gasteiger partial charge in [0.15, 0.2) is 0 Å². The number of fused-ring (bicyclic) bond motifs is 13. The molecular weight excluding hydrogens is 617 g/mol. The summed E-state index contributed by atoms with van der Waals surface area (Å²) in [5, 5.41) is 7.24. The van der Waals surface area contributed by atoms with Gasteiger partial charge in [0, 0.05) is 10.8 Å². The molecule has 236 valence electrons. The smallest absolute Gasteiger partial charge is 0.136 e. The van der Waals surface area contributed by atoms with E-state index in [0.29, 0.717) is 0 Å². The van der Waals surface area contributed by atoms with E-state index in [2.05, 4.69) is 176 Å². The molecule has 0 spiro atoms. The average Bonchev–Trinajstić information content (AvgIpc) is 3.58. The van der Waals surface area contributed by atoms with Crippen LogP contribution in [-0.4, -0.2) is 0 Å². The van der Waals surface area contributed by atoms with Crippen molar-refractivity contribution >= 4 is 43.5 Å². The number of rotatable bonds is 2. The van der Waals surface area contributed by atoms with Gasteiger partial charge in [0.05, 0.1) is 0 Å². The van der Waals surface area contributed by atoms with Gasteiger partial charge in [-0.2, -0.15) is 0 Å². The second-order valence-electron chi connectivity index (χ2n) is 13.5. The van der Waals surface area contributed by atoms with E-state index in [1.807, 2.05) is 6.07 Å². The Morgan fingerprint density at radius 3 is 1.20 bits per heavy atom. The highest BCUT2D eigenvalue weighted by Crippen LogP contribution is 2.51. The highest BCUT2D eigenvalue weighted by Gasteiger charge is 2.24. The Hall–Kier alpha value is -6.70. The lowest BCUT2D eigenvalue weighted by Crippen LogP contribution is -1.97. The fourth-order valence-electron chi connectivity index (χ4n) is 8.73. The molecule has 9 aromatic carbocycles. The van der Waals surface area contributed by atoms with Crippen LogP contribution in [0.4, 0.5) is 0 Å². The van der Waals surface area contributed by atoms with E-state index in [1.54, 1.807) is 0 Å². The Morgan fingerprint density at radius 1 is 0.255 bits per heavy atom. The normalized spacial score (nSPS) is 11.9. The van der Waals surface area contributed by atoms with Crippen molar-refractivity contribution in [3.05, 3.63) is 182 Å². The first kappa shape index (κ1) is 28.2. The first-order valence-electron chi connectivity index (χ1n) is 17.6. The molecule has 0 N–H and O–H groups in total. The third-order valence-corrected chi connectivity index (χ3v) is 10.9. The van der Waals surface area contributed by atoms with Gasteiger partial charge in [-0.1, -0.05) is 164 Å². The average molecular weight is 647 g/mol. The molecule has 10 aromatic rings. The maximum Gasteiger partial charge on any atom is 0.136 e. The summed E-state index contributed by atoms with van der Waals surface area (Å²) < 4.78 is 6.38. The van der Waals surface area contributed by atoms with E-state index in [0.717, 1.165) is 21.9 Å². The lowest BCUT2D eigenvalue weighted by Gasteiger charge is -2.24. The van der Waals surface area contributed by atoms with Gasteiger partial charge < -0.3 is 4.42 Å². The molecule has 1 nitrogen and oxygen atoms in total. The van der Waals surface area contributed by atoms with Gasteiger partial charge in [0.1, 0.15) is 11.2 Å². The molecule has 0 saturated heterocycles. The van der Waals surface area contributed by atoms with Crippen LogP contribution in [0, 0.1) is 0 Å². The van der Waals surface area contributed by atoms with Gasteiger partial charge in [-0.05, 0) is 107 Å². The van der Waals surface area contributed by atoms with Gasteiger partial charge in [-0.3, -0.25) is 0 Å². The van der Waals surface area contributed by atoms with Crippen LogP contribution in [0.15, 0.2) is 186 Å². The lowest BCUT2D eigenvalue weighted by molar-refractivity contribution is 0.669. The van der Waals surface area contributed by atoms with Crippen LogP contribution < -0.4 is 0 Å². The molecule has 0 atom stereocenters. The van der Waals surface area contributed by atoms with Crippen molar-refractivity contribution in [3.63, 3.8) is 0 Å². The zero-order valence-corrected chi connectivity index (χ0v) is 27.7. The van der Waals surface area contributed by atoms with Crippen molar-refractivity contribution in [1.82, 2.24) is 0 Å². The molecule has 0 radical (unpaired) electrons. The van der Waals surface area contributed by atoms with Gasteiger partial charge in [0.25, 0.3) is 0 Å². The van der Waals surface area contributed by atoms with Gasteiger partial charge in [0.2, 0.25) is 0 Å². The summed E-state index contributed by atoms with van der Waals surface area (Å²) in [6.45, 7) is 0. The second kappa shape index (κ2) is 10.9. The molecule has 1 aliphatic carbocycles. The molecular formula is C50H30O. The Morgan fingerprint density at radius 2 is 0.647 bits per heavy atom. The van der Waals surface area contributed by atoms with Crippen molar-refractivity contribution in [2.24, 2.45) is 0 Å². The van der Waals surface area contributed by atoms with Gasteiger partial charge >= 0.3 is 0 Å². The fraction of sp³-hybridized carbons (Fsp3) is 0. The molecule has 11 rings (SSSR count). The molecule has 1 heteroatoms. The standard InChI is InChI=1S/C50H30O/c1-2-15-33-32(14-1)34-16-3-4-18-36(34)38-29-28-31(30-45(38)37-19-6-5-17-35(33)37)48-39-20-7-9-22-41(39)49(42-23-10-8-21-40(42)48)44-25-13-27-47-50(44)43-24-11-12-26-46(43)51-47/h1-30H. The lowest BCUT2D eigenvalue weighted by atomic mass is 9.79. The number of para-hydroxylation sites is 1. The van der Waals surface area contributed by atoms with Crippen LogP contribution in [0.5, 0.6) is 0 Å². The highest BCUT2D eigenvalue weighted by molar-refractivity contribution is 6.26. The molecule has 0 bridgehead atoms.